The minimum atomic E-state index is 0.175. The van der Waals surface area contributed by atoms with Crippen molar-refractivity contribution in [2.24, 2.45) is 5.92 Å². The first kappa shape index (κ1) is 8.31. The molecule has 0 N–H and O–H groups in total. The molecule has 1 saturated heterocycles. The summed E-state index contributed by atoms with van der Waals surface area (Å²) in [5, 5.41) is 0. The Hall–Kier alpha value is -0.300. The Morgan fingerprint density at radius 1 is 1.42 bits per heavy atom. The van der Waals surface area contributed by atoms with Crippen molar-refractivity contribution in [1.82, 2.24) is 0 Å². The molecule has 1 heterocycles. The molecule has 12 heavy (non-hydrogen) atoms. The van der Waals surface area contributed by atoms with Gasteiger partial charge in [-0.3, -0.25) is 0 Å². The number of epoxide rings is 1. The largest absolute Gasteiger partial charge is 0.363 e. The summed E-state index contributed by atoms with van der Waals surface area (Å²) in [5.74, 6) is 0.700. The van der Waals surface area contributed by atoms with Gasteiger partial charge in [-0.05, 0) is 46.0 Å². The molecule has 1 aliphatic carbocycles. The van der Waals surface area contributed by atoms with Gasteiger partial charge in [0.2, 0.25) is 0 Å². The summed E-state index contributed by atoms with van der Waals surface area (Å²) in [7, 11) is 0. The van der Waals surface area contributed by atoms with Gasteiger partial charge in [0, 0.05) is 0 Å². The fourth-order valence-corrected chi connectivity index (χ4v) is 2.49. The van der Waals surface area contributed by atoms with Crippen molar-refractivity contribution in [3.63, 3.8) is 0 Å². The predicted molar refractivity (Wildman–Crippen MR) is 50.1 cm³/mol. The van der Waals surface area contributed by atoms with E-state index < -0.39 is 0 Å². The minimum absolute atomic E-state index is 0.175. The van der Waals surface area contributed by atoms with E-state index in [0.29, 0.717) is 5.92 Å². The second kappa shape index (κ2) is 2.14. The van der Waals surface area contributed by atoms with Crippen molar-refractivity contribution in [2.75, 3.05) is 0 Å². The topological polar surface area (TPSA) is 12.5 Å². The monoisotopic (exact) mass is 166 g/mol. The molecule has 0 aromatic heterocycles. The number of ether oxygens (including phenoxy) is 1. The zero-order valence-electron chi connectivity index (χ0n) is 8.31. The van der Waals surface area contributed by atoms with Crippen LogP contribution >= 0.6 is 0 Å². The fraction of sp³-hybridized carbons (Fsp3) is 0.818. The Morgan fingerprint density at radius 2 is 2.08 bits per heavy atom. The molecule has 2 unspecified atom stereocenters. The zero-order chi connectivity index (χ0) is 8.98. The van der Waals surface area contributed by atoms with Crippen LogP contribution in [0.2, 0.25) is 0 Å². The molecular weight excluding hydrogens is 148 g/mol. The van der Waals surface area contributed by atoms with Crippen molar-refractivity contribution in [2.45, 2.75) is 51.2 Å². The summed E-state index contributed by atoms with van der Waals surface area (Å²) < 4.78 is 5.79. The summed E-state index contributed by atoms with van der Waals surface area (Å²) in [4.78, 5) is 0. The highest BCUT2D eigenvalue weighted by molar-refractivity contribution is 5.17. The lowest BCUT2D eigenvalue weighted by molar-refractivity contribution is 0.276. The first-order valence-electron chi connectivity index (χ1n) is 4.82. The Bertz CT molecular complexity index is 233. The Labute approximate surface area is 74.8 Å². The predicted octanol–water partition coefficient (Wildman–Crippen LogP) is 2.91. The summed E-state index contributed by atoms with van der Waals surface area (Å²) in [6.07, 6.45) is 3.65. The van der Waals surface area contributed by atoms with Crippen LogP contribution in [0.15, 0.2) is 12.2 Å². The lowest BCUT2D eigenvalue weighted by Crippen LogP contribution is -2.29. The number of rotatable bonds is 1. The molecule has 3 atom stereocenters. The second-order valence-electron chi connectivity index (χ2n) is 4.85. The van der Waals surface area contributed by atoms with Crippen molar-refractivity contribution in [1.29, 1.82) is 0 Å². The van der Waals surface area contributed by atoms with Gasteiger partial charge in [0.1, 0.15) is 0 Å². The van der Waals surface area contributed by atoms with Crippen molar-refractivity contribution < 1.29 is 4.74 Å². The van der Waals surface area contributed by atoms with Gasteiger partial charge in [-0.15, -0.1) is 0 Å². The van der Waals surface area contributed by atoms with E-state index >= 15 is 0 Å². The van der Waals surface area contributed by atoms with Crippen LogP contribution in [0.4, 0.5) is 0 Å². The highest BCUT2D eigenvalue weighted by atomic mass is 16.6. The molecule has 0 amide bonds. The van der Waals surface area contributed by atoms with Crippen LogP contribution in [0.1, 0.15) is 40.0 Å². The van der Waals surface area contributed by atoms with Gasteiger partial charge in [0.15, 0.2) is 0 Å². The van der Waals surface area contributed by atoms with Crippen LogP contribution < -0.4 is 0 Å². The molecule has 2 rings (SSSR count). The van der Waals surface area contributed by atoms with Crippen LogP contribution in [-0.2, 0) is 4.74 Å². The van der Waals surface area contributed by atoms with E-state index in [4.69, 9.17) is 4.74 Å². The van der Waals surface area contributed by atoms with Gasteiger partial charge in [-0.25, -0.2) is 0 Å². The first-order chi connectivity index (χ1) is 5.47. The van der Waals surface area contributed by atoms with Crippen LogP contribution in [0.25, 0.3) is 0 Å². The maximum absolute atomic E-state index is 5.79. The van der Waals surface area contributed by atoms with Crippen LogP contribution in [0, 0.1) is 5.92 Å². The third-order valence-corrected chi connectivity index (χ3v) is 3.83. The number of hydrogen-bond donors (Lipinski definition) is 0. The molecule has 1 aliphatic heterocycles. The fourth-order valence-electron chi connectivity index (χ4n) is 2.49. The highest BCUT2D eigenvalue weighted by Crippen LogP contribution is 2.59. The third kappa shape index (κ3) is 0.957. The van der Waals surface area contributed by atoms with Gasteiger partial charge >= 0.3 is 0 Å². The van der Waals surface area contributed by atoms with Crippen LogP contribution in [0.3, 0.4) is 0 Å². The summed E-state index contributed by atoms with van der Waals surface area (Å²) in [6.45, 7) is 10.6. The smallest absolute Gasteiger partial charge is 0.0955 e. The Morgan fingerprint density at radius 3 is 2.58 bits per heavy atom. The average Bonchev–Trinajstić information content (AvgIpc) is 2.51. The quantitative estimate of drug-likeness (QED) is 0.431. The Kier molecular flexibility index (Phi) is 1.48. The van der Waals surface area contributed by atoms with Gasteiger partial charge in [-0.2, -0.15) is 0 Å². The zero-order valence-corrected chi connectivity index (χ0v) is 8.31. The maximum atomic E-state index is 5.79. The first-order valence-corrected chi connectivity index (χ1v) is 4.82. The standard InChI is InChI=1S/C11H18O/c1-8(2)9-5-6-10(3)11(4,7-9)12-10/h9H,1,5-7H2,2-4H3/t9?,10?,11-/m1/s1. The molecule has 1 heteroatoms. The third-order valence-electron chi connectivity index (χ3n) is 3.83. The molecule has 0 bridgehead atoms. The molecule has 1 saturated carbocycles. The molecule has 68 valence electrons. The van der Waals surface area contributed by atoms with E-state index in [0.717, 1.165) is 0 Å². The van der Waals surface area contributed by atoms with Crippen molar-refractivity contribution >= 4 is 0 Å². The number of allylic oxidation sites excluding steroid dienone is 1. The molecule has 1 nitrogen and oxygen atoms in total. The average molecular weight is 166 g/mol. The number of hydrogen-bond acceptors (Lipinski definition) is 1. The second-order valence-corrected chi connectivity index (χ2v) is 4.85. The van der Waals surface area contributed by atoms with E-state index in [-0.39, 0.29) is 11.2 Å². The Balaban J connectivity index is 2.08. The maximum Gasteiger partial charge on any atom is 0.0955 e. The van der Waals surface area contributed by atoms with E-state index in [9.17, 15) is 0 Å². The van der Waals surface area contributed by atoms with Crippen LogP contribution in [0.5, 0.6) is 0 Å². The number of fused-ring (bicyclic) bond motifs is 1. The molecule has 2 aliphatic rings. The molecular formula is C11H18O. The van der Waals surface area contributed by atoms with Crippen molar-refractivity contribution in [3.05, 3.63) is 12.2 Å². The molecule has 0 radical (unpaired) electrons. The van der Waals surface area contributed by atoms with Crippen LogP contribution in [-0.4, -0.2) is 11.2 Å². The lowest BCUT2D eigenvalue weighted by atomic mass is 9.74. The van der Waals surface area contributed by atoms with E-state index in [1.807, 2.05) is 0 Å². The van der Waals surface area contributed by atoms with Crippen molar-refractivity contribution in [3.8, 4) is 0 Å². The van der Waals surface area contributed by atoms with Gasteiger partial charge in [0.05, 0.1) is 11.2 Å². The summed E-state index contributed by atoms with van der Waals surface area (Å²) in [5.41, 5.74) is 1.71. The van der Waals surface area contributed by atoms with Gasteiger partial charge in [-0.1, -0.05) is 12.2 Å². The molecule has 0 spiro atoms. The van der Waals surface area contributed by atoms with E-state index in [2.05, 4.69) is 27.4 Å². The summed E-state index contributed by atoms with van der Waals surface area (Å²) in [6, 6.07) is 0. The molecule has 0 aromatic rings. The SMILES string of the molecule is C=C(C)C1CCC2(C)O[C@]2(C)C1. The highest BCUT2D eigenvalue weighted by Gasteiger charge is 2.65. The van der Waals surface area contributed by atoms with Gasteiger partial charge in [0.25, 0.3) is 0 Å². The molecule has 2 fully saturated rings. The molecule has 0 aromatic carbocycles. The van der Waals surface area contributed by atoms with E-state index in [1.54, 1.807) is 0 Å². The minimum Gasteiger partial charge on any atom is -0.363 e. The normalized spacial score (nSPS) is 51.4. The summed E-state index contributed by atoms with van der Waals surface area (Å²) >= 11 is 0. The lowest BCUT2D eigenvalue weighted by Gasteiger charge is -2.27. The van der Waals surface area contributed by atoms with E-state index in [1.165, 1.54) is 24.8 Å². The van der Waals surface area contributed by atoms with Gasteiger partial charge < -0.3 is 4.74 Å².